The molecule has 206 valence electrons. The fourth-order valence-electron chi connectivity index (χ4n) is 3.17. The Bertz CT molecular complexity index is 914. The second-order valence-corrected chi connectivity index (χ2v) is 16.0. The molecule has 10 atom stereocenters. The van der Waals surface area contributed by atoms with E-state index in [2.05, 4.69) is 20.9 Å². The lowest BCUT2D eigenvalue weighted by molar-refractivity contribution is -0.0364. The standard InChI is InChI=1S/C13H28BFO15P4S/c1-2-31(17,18)29-33(21,22)30-34(23,35)25-7-12-10(4-13(14)27-12)28-32(19,20)24-6-11-9(16)3-8(5-15)26-11/h8-13,16H,2-7,14H2,1H3,(H,17,18)(H,19,20)(H,21,22)(H,23,35)/t8-,9+,10+,11-,12-,13-,34?/m1/s1. The third-order valence-electron chi connectivity index (χ3n) is 4.77. The quantitative estimate of drug-likeness (QED) is 0.106. The number of ether oxygens (including phenoxy) is 2. The number of rotatable bonds is 14. The van der Waals surface area contributed by atoms with Gasteiger partial charge in [-0.1, -0.05) is 19.2 Å². The van der Waals surface area contributed by atoms with Gasteiger partial charge in [0.25, 0.3) is 0 Å². The Hall–Kier alpha value is 0.825. The Labute approximate surface area is 206 Å². The Balaban J connectivity index is 1.91. The zero-order valence-electron chi connectivity index (χ0n) is 18.6. The van der Waals surface area contributed by atoms with Gasteiger partial charge in [0.1, 0.15) is 26.7 Å². The van der Waals surface area contributed by atoms with Crippen LogP contribution in [0.5, 0.6) is 0 Å². The first-order chi connectivity index (χ1) is 16.0. The average molecular weight is 610 g/mol. The van der Waals surface area contributed by atoms with Crippen LogP contribution < -0.4 is 0 Å². The highest BCUT2D eigenvalue weighted by Gasteiger charge is 2.44. The van der Waals surface area contributed by atoms with Gasteiger partial charge < -0.3 is 29.3 Å². The van der Waals surface area contributed by atoms with Crippen molar-refractivity contribution >= 4 is 50.1 Å². The van der Waals surface area contributed by atoms with Gasteiger partial charge >= 0.3 is 30.0 Å². The Kier molecular flexibility index (Phi) is 11.7. The minimum atomic E-state index is -5.32. The van der Waals surface area contributed by atoms with Crippen LogP contribution in [0.15, 0.2) is 0 Å². The van der Waals surface area contributed by atoms with Gasteiger partial charge in [-0.3, -0.25) is 18.1 Å². The summed E-state index contributed by atoms with van der Waals surface area (Å²) in [6.07, 6.45) is -5.73. The first kappa shape index (κ1) is 32.0. The molecule has 0 amide bonds. The second kappa shape index (κ2) is 12.8. The van der Waals surface area contributed by atoms with E-state index in [0.717, 1.165) is 0 Å². The monoisotopic (exact) mass is 610 g/mol. The highest BCUT2D eigenvalue weighted by Crippen LogP contribution is 2.70. The van der Waals surface area contributed by atoms with E-state index in [1.54, 1.807) is 7.85 Å². The van der Waals surface area contributed by atoms with Gasteiger partial charge in [-0.2, -0.15) is 4.31 Å². The van der Waals surface area contributed by atoms with E-state index in [1.807, 2.05) is 0 Å². The van der Waals surface area contributed by atoms with Crippen LogP contribution in [0, 0.1) is 0 Å². The summed E-state index contributed by atoms with van der Waals surface area (Å²) in [4.78, 5) is 28.9. The molecular formula is C13H28BFO15P4S. The summed E-state index contributed by atoms with van der Waals surface area (Å²) in [5, 5.41) is 9.81. The van der Waals surface area contributed by atoms with Crippen molar-refractivity contribution in [2.75, 3.05) is 26.1 Å². The molecular weight excluding hydrogens is 582 g/mol. The van der Waals surface area contributed by atoms with Gasteiger partial charge in [-0.25, -0.2) is 22.4 Å². The van der Waals surface area contributed by atoms with E-state index >= 15 is 0 Å². The molecule has 35 heavy (non-hydrogen) atoms. The molecule has 2 aliphatic heterocycles. The summed E-state index contributed by atoms with van der Waals surface area (Å²) in [5.74, 6) is 0. The molecule has 4 N–H and O–H groups in total. The lowest BCUT2D eigenvalue weighted by atomic mass is 9.96. The lowest BCUT2D eigenvalue weighted by Crippen LogP contribution is -2.29. The number of thiol groups is 1. The van der Waals surface area contributed by atoms with E-state index in [4.69, 9.17) is 23.0 Å². The molecule has 0 aromatic carbocycles. The number of halogens is 1. The van der Waals surface area contributed by atoms with Crippen LogP contribution in [-0.4, -0.2) is 90.2 Å². The molecule has 15 nitrogen and oxygen atoms in total. The van der Waals surface area contributed by atoms with E-state index < -0.39 is 92.6 Å². The molecule has 0 aromatic heterocycles. The molecule has 4 unspecified atom stereocenters. The molecule has 22 heteroatoms. The van der Waals surface area contributed by atoms with Gasteiger partial charge in [0.2, 0.25) is 0 Å². The fraction of sp³-hybridized carbons (Fsp3) is 1.00. The number of alkyl halides is 1. The van der Waals surface area contributed by atoms with Crippen LogP contribution in [0.25, 0.3) is 0 Å². The third kappa shape index (κ3) is 10.8. The summed E-state index contributed by atoms with van der Waals surface area (Å²) >= 11 is 3.52. The first-order valence-electron chi connectivity index (χ1n) is 10.2. The zero-order valence-corrected chi connectivity index (χ0v) is 23.1. The van der Waals surface area contributed by atoms with Crippen molar-refractivity contribution in [3.8, 4) is 0 Å². The molecule has 2 heterocycles. The number of hydrogen-bond acceptors (Lipinski definition) is 12. The van der Waals surface area contributed by atoms with Crippen LogP contribution in [0.1, 0.15) is 19.8 Å². The summed E-state index contributed by atoms with van der Waals surface area (Å²) in [6, 6.07) is -0.517. The molecule has 0 spiro atoms. The maximum absolute atomic E-state index is 12.7. The number of aliphatic hydroxyl groups excluding tert-OH is 1. The van der Waals surface area contributed by atoms with Crippen LogP contribution in [0.2, 0.25) is 0 Å². The van der Waals surface area contributed by atoms with Crippen LogP contribution in [-0.2, 0) is 49.9 Å². The molecule has 0 bridgehead atoms. The zero-order chi connectivity index (χ0) is 26.7. The molecule has 2 rings (SSSR count). The number of phosphoric acid groups is 2. The van der Waals surface area contributed by atoms with Gasteiger partial charge in [0, 0.05) is 18.6 Å². The van der Waals surface area contributed by atoms with E-state index in [-0.39, 0.29) is 12.8 Å². The third-order valence-corrected chi connectivity index (χ3v) is 11.6. The van der Waals surface area contributed by atoms with Crippen molar-refractivity contribution in [3.63, 3.8) is 0 Å². The fourth-order valence-corrected chi connectivity index (χ4v) is 8.86. The average Bonchev–Trinajstić information content (AvgIpc) is 3.24. The predicted octanol–water partition coefficient (Wildman–Crippen LogP) is 1.12. The molecule has 0 saturated carbocycles. The van der Waals surface area contributed by atoms with Crippen LogP contribution in [0.4, 0.5) is 4.39 Å². The highest BCUT2D eigenvalue weighted by molar-refractivity contribution is 8.45. The Morgan fingerprint density at radius 1 is 1.00 bits per heavy atom. The maximum atomic E-state index is 12.7. The van der Waals surface area contributed by atoms with Crippen LogP contribution >= 0.6 is 42.3 Å². The van der Waals surface area contributed by atoms with E-state index in [1.165, 1.54) is 6.92 Å². The first-order valence-corrected chi connectivity index (χ1v) is 17.7. The minimum absolute atomic E-state index is 0.000469. The number of hydrogen-bond donors (Lipinski definition) is 5. The summed E-state index contributed by atoms with van der Waals surface area (Å²) in [6.45, 7) is -5.52. The van der Waals surface area contributed by atoms with Crippen molar-refractivity contribution in [1.82, 2.24) is 0 Å². The van der Waals surface area contributed by atoms with Gasteiger partial charge in [-0.05, 0) is 6.42 Å². The lowest BCUT2D eigenvalue weighted by Gasteiger charge is -2.24. The topological polar surface area (TPSA) is 214 Å². The van der Waals surface area contributed by atoms with Crippen LogP contribution in [0.3, 0.4) is 0 Å². The molecule has 0 aromatic rings. The number of aliphatic hydroxyl groups is 1. The summed E-state index contributed by atoms with van der Waals surface area (Å²) in [5.41, 5.74) is 0. The van der Waals surface area contributed by atoms with Crippen molar-refractivity contribution in [2.24, 2.45) is 0 Å². The molecule has 2 saturated heterocycles. The SMILES string of the molecule is B[C@H]1C[C@H](OP(=O)(O)OC[C@H]2O[C@@H](CF)C[C@@H]2O)[C@@H](COP(=O)(S)OP(=O)(O)OP(=O)(O)CC)O1. The van der Waals surface area contributed by atoms with E-state index in [0.29, 0.717) is 0 Å². The summed E-state index contributed by atoms with van der Waals surface area (Å²) in [7, 11) is -13.0. The molecule has 2 aliphatic rings. The van der Waals surface area contributed by atoms with Gasteiger partial charge in [0.15, 0.2) is 0 Å². The predicted molar refractivity (Wildman–Crippen MR) is 123 cm³/mol. The van der Waals surface area contributed by atoms with Crippen molar-refractivity contribution in [1.29, 1.82) is 0 Å². The molecule has 0 aliphatic carbocycles. The largest absolute Gasteiger partial charge is 0.487 e. The normalized spacial score (nSPS) is 36.2. The smallest absolute Gasteiger partial charge is 0.390 e. The van der Waals surface area contributed by atoms with Crippen molar-refractivity contribution in [3.05, 3.63) is 0 Å². The van der Waals surface area contributed by atoms with Crippen molar-refractivity contribution < 1.29 is 74.1 Å². The highest BCUT2D eigenvalue weighted by atomic mass is 32.7. The van der Waals surface area contributed by atoms with Gasteiger partial charge in [-0.15, -0.1) is 0 Å². The summed E-state index contributed by atoms with van der Waals surface area (Å²) < 4.78 is 94.5. The maximum Gasteiger partial charge on any atom is 0.487 e. The second-order valence-electron chi connectivity index (χ2n) is 7.73. The van der Waals surface area contributed by atoms with Gasteiger partial charge in [0.05, 0.1) is 31.5 Å². The molecule has 2 fully saturated rings. The van der Waals surface area contributed by atoms with Crippen molar-refractivity contribution in [2.45, 2.75) is 56.3 Å². The van der Waals surface area contributed by atoms with E-state index in [9.17, 15) is 42.4 Å². The minimum Gasteiger partial charge on any atom is -0.390 e. The Morgan fingerprint density at radius 3 is 2.20 bits per heavy atom. The molecule has 0 radical (unpaired) electrons. The Morgan fingerprint density at radius 2 is 1.63 bits per heavy atom. The number of phosphoric ester groups is 1.